The van der Waals surface area contributed by atoms with Crippen molar-refractivity contribution in [3.63, 3.8) is 0 Å². The maximum absolute atomic E-state index is 13.7. The smallest absolute Gasteiger partial charge is 0.380 e. The van der Waals surface area contributed by atoms with Crippen molar-refractivity contribution in [2.45, 2.75) is 30.8 Å². The largest absolute Gasteiger partial charge is 0.469 e. The van der Waals surface area contributed by atoms with Crippen LogP contribution in [0.5, 0.6) is 5.75 Å². The van der Waals surface area contributed by atoms with Crippen molar-refractivity contribution in [3.05, 3.63) is 54.5 Å². The Balaban J connectivity index is 1.59. The van der Waals surface area contributed by atoms with Gasteiger partial charge in [0.1, 0.15) is 42.0 Å². The number of nitrogens with zero attached hydrogens (tertiary/aromatic N) is 4. The molecular weight excluding hydrogens is 505 g/mol. The molecule has 1 aromatic carbocycles. The molecule has 2 aromatic heterocycles. The summed E-state index contributed by atoms with van der Waals surface area (Å²) >= 11 is 0. The molecule has 14 heteroatoms. The second-order valence-electron chi connectivity index (χ2n) is 8.52. The SMILES string of the molecule is COC(=O)[C@H](C)CP(=O)(OC[C@H]1O[C@@](C#N)(c2ccc3c(N)ncnn23)[C@H](O)[C@@H]1O)Oc1ccccc1. The Morgan fingerprint density at radius 3 is 2.73 bits per heavy atom. The van der Waals surface area contributed by atoms with Gasteiger partial charge in [-0.3, -0.25) is 9.32 Å². The van der Waals surface area contributed by atoms with Gasteiger partial charge in [-0.25, -0.2) is 14.1 Å². The number of carbonyl (C=O) groups is 1. The number of nitriles is 1. The lowest BCUT2D eigenvalue weighted by atomic mass is 9.92. The van der Waals surface area contributed by atoms with E-state index in [0.717, 1.165) is 0 Å². The molecule has 1 saturated heterocycles. The summed E-state index contributed by atoms with van der Waals surface area (Å²) in [6, 6.07) is 13.2. The van der Waals surface area contributed by atoms with E-state index in [1.807, 2.05) is 6.07 Å². The number of hydrogen-bond acceptors (Lipinski definition) is 12. The van der Waals surface area contributed by atoms with Gasteiger partial charge in [-0.2, -0.15) is 10.4 Å². The van der Waals surface area contributed by atoms with Gasteiger partial charge in [0.25, 0.3) is 0 Å². The summed E-state index contributed by atoms with van der Waals surface area (Å²) < 4.78 is 36.8. The van der Waals surface area contributed by atoms with Crippen LogP contribution >= 0.6 is 7.60 Å². The van der Waals surface area contributed by atoms with Gasteiger partial charge in [-0.1, -0.05) is 25.1 Å². The molecule has 0 radical (unpaired) electrons. The van der Waals surface area contributed by atoms with Crippen LogP contribution in [0.1, 0.15) is 12.6 Å². The molecule has 3 aromatic rings. The van der Waals surface area contributed by atoms with Crippen LogP contribution in [0.4, 0.5) is 5.82 Å². The number of aromatic nitrogens is 3. The lowest BCUT2D eigenvalue weighted by Gasteiger charge is -2.25. The third-order valence-corrected chi connectivity index (χ3v) is 8.04. The fraction of sp³-hybridized carbons (Fsp3) is 0.391. The quantitative estimate of drug-likeness (QED) is 0.265. The first-order chi connectivity index (χ1) is 17.6. The van der Waals surface area contributed by atoms with Gasteiger partial charge < -0.3 is 29.9 Å². The fourth-order valence-electron chi connectivity index (χ4n) is 4.11. The predicted octanol–water partition coefficient (Wildman–Crippen LogP) is 1.25. The predicted molar refractivity (Wildman–Crippen MR) is 128 cm³/mol. The van der Waals surface area contributed by atoms with Crippen LogP contribution in [0.15, 0.2) is 48.8 Å². The van der Waals surface area contributed by atoms with Crippen LogP contribution in [-0.4, -0.2) is 69.0 Å². The van der Waals surface area contributed by atoms with Crippen molar-refractivity contribution in [2.75, 3.05) is 25.6 Å². The highest BCUT2D eigenvalue weighted by Gasteiger charge is 2.58. The van der Waals surface area contributed by atoms with Crippen molar-refractivity contribution in [1.82, 2.24) is 14.6 Å². The molecule has 1 aliphatic heterocycles. The van der Waals surface area contributed by atoms with Crippen LogP contribution in [0.25, 0.3) is 5.52 Å². The number of fused-ring (bicyclic) bond motifs is 1. The van der Waals surface area contributed by atoms with Crippen molar-refractivity contribution >= 4 is 24.9 Å². The molecule has 6 atom stereocenters. The maximum Gasteiger partial charge on any atom is 0.380 e. The topological polar surface area (TPSA) is 192 Å². The Morgan fingerprint density at radius 1 is 1.32 bits per heavy atom. The molecule has 3 heterocycles. The average molecular weight is 531 g/mol. The third kappa shape index (κ3) is 5.02. The summed E-state index contributed by atoms with van der Waals surface area (Å²) in [6.45, 7) is 0.979. The number of anilines is 1. The van der Waals surface area contributed by atoms with E-state index in [4.69, 9.17) is 24.3 Å². The molecule has 1 unspecified atom stereocenters. The highest BCUT2D eigenvalue weighted by molar-refractivity contribution is 7.54. The van der Waals surface area contributed by atoms with E-state index >= 15 is 0 Å². The van der Waals surface area contributed by atoms with E-state index in [1.54, 1.807) is 36.4 Å². The number of benzene rings is 1. The summed E-state index contributed by atoms with van der Waals surface area (Å²) in [5, 5.41) is 35.8. The van der Waals surface area contributed by atoms with Crippen LogP contribution in [-0.2, 0) is 29.0 Å². The molecule has 1 aliphatic rings. The first kappa shape index (κ1) is 26.5. The first-order valence-corrected chi connectivity index (χ1v) is 13.0. The minimum Gasteiger partial charge on any atom is -0.469 e. The van der Waals surface area contributed by atoms with Gasteiger partial charge >= 0.3 is 13.6 Å². The highest BCUT2D eigenvalue weighted by atomic mass is 31.2. The normalized spacial score (nSPS) is 25.8. The molecule has 0 aliphatic carbocycles. The van der Waals surface area contributed by atoms with Crippen LogP contribution in [0.2, 0.25) is 0 Å². The van der Waals surface area contributed by atoms with Crippen LogP contribution in [0.3, 0.4) is 0 Å². The number of hydrogen-bond donors (Lipinski definition) is 3. The van der Waals surface area contributed by atoms with Crippen LogP contribution in [0, 0.1) is 17.2 Å². The van der Waals surface area contributed by atoms with Gasteiger partial charge in [0.2, 0.25) is 5.60 Å². The van der Waals surface area contributed by atoms with Gasteiger partial charge in [-0.15, -0.1) is 0 Å². The zero-order valence-electron chi connectivity index (χ0n) is 20.0. The summed E-state index contributed by atoms with van der Waals surface area (Å²) in [4.78, 5) is 15.9. The summed E-state index contributed by atoms with van der Waals surface area (Å²) in [5.41, 5.74) is 4.29. The van der Waals surface area contributed by atoms with Crippen molar-refractivity contribution in [1.29, 1.82) is 5.26 Å². The molecule has 13 nitrogen and oxygen atoms in total. The molecule has 37 heavy (non-hydrogen) atoms. The summed E-state index contributed by atoms with van der Waals surface area (Å²) in [6.07, 6.45) is -3.77. The second-order valence-corrected chi connectivity index (χ2v) is 10.5. The zero-order chi connectivity index (χ0) is 26.8. The minimum absolute atomic E-state index is 0.108. The molecule has 0 amide bonds. The zero-order valence-corrected chi connectivity index (χ0v) is 20.9. The number of para-hydroxylation sites is 1. The lowest BCUT2D eigenvalue weighted by molar-refractivity contribution is -0.144. The number of carbonyl (C=O) groups excluding carboxylic acids is 1. The van der Waals surface area contributed by atoms with E-state index < -0.39 is 50.0 Å². The number of methoxy groups -OCH3 is 1. The molecule has 1 fully saturated rings. The molecule has 4 rings (SSSR count). The minimum atomic E-state index is -4.02. The Morgan fingerprint density at radius 2 is 2.05 bits per heavy atom. The van der Waals surface area contributed by atoms with Gasteiger partial charge in [0.15, 0.2) is 5.82 Å². The van der Waals surface area contributed by atoms with Crippen LogP contribution < -0.4 is 10.3 Å². The summed E-state index contributed by atoms with van der Waals surface area (Å²) in [7, 11) is -2.81. The van der Waals surface area contributed by atoms with Crippen molar-refractivity contribution in [3.8, 4) is 11.8 Å². The molecule has 0 saturated carbocycles. The number of nitrogen functional groups attached to an aromatic ring is 1. The first-order valence-electron chi connectivity index (χ1n) is 11.2. The molecular formula is C23H26N5O8P. The van der Waals surface area contributed by atoms with E-state index in [9.17, 15) is 24.8 Å². The monoisotopic (exact) mass is 531 g/mol. The van der Waals surface area contributed by atoms with Gasteiger partial charge in [0, 0.05) is 0 Å². The van der Waals surface area contributed by atoms with Gasteiger partial charge in [-0.05, 0) is 24.3 Å². The Labute approximate surface area is 211 Å². The van der Waals surface area contributed by atoms with E-state index in [-0.39, 0.29) is 23.4 Å². The number of aliphatic hydroxyl groups excluding tert-OH is 2. The van der Waals surface area contributed by atoms with E-state index in [0.29, 0.717) is 5.52 Å². The van der Waals surface area contributed by atoms with E-state index in [1.165, 1.54) is 30.9 Å². The Hall–Kier alpha value is -3.53. The average Bonchev–Trinajstić information content (AvgIpc) is 3.43. The Kier molecular flexibility index (Phi) is 7.49. The lowest BCUT2D eigenvalue weighted by Crippen LogP contribution is -2.41. The van der Waals surface area contributed by atoms with E-state index in [2.05, 4.69) is 10.1 Å². The standard InChI is InChI=1S/C23H26N5O8P/c1-14(22(31)33-2)11-37(32,36-15-6-4-3-5-7-15)34-10-17-19(29)20(30)23(12-24,35-17)18-9-8-16-21(25)26-13-27-28(16)18/h3-9,13-14,17,19-20,29-30H,10-11H2,1-2H3,(H2,25,26,27)/t14-,17-,19-,20-,23+,37?/m1/s1. The molecule has 196 valence electrons. The maximum atomic E-state index is 13.7. The number of aliphatic hydroxyl groups is 2. The number of esters is 1. The van der Waals surface area contributed by atoms with Gasteiger partial charge in [0.05, 0.1) is 31.5 Å². The second kappa shape index (κ2) is 10.5. The molecule has 0 bridgehead atoms. The number of nitrogens with two attached hydrogens (primary N) is 1. The van der Waals surface area contributed by atoms with Crippen molar-refractivity contribution < 1.29 is 38.1 Å². The number of rotatable bonds is 9. The summed E-state index contributed by atoms with van der Waals surface area (Å²) in [5.74, 6) is -1.08. The third-order valence-electron chi connectivity index (χ3n) is 6.01. The molecule has 0 spiro atoms. The molecule has 4 N–H and O–H groups in total. The Bertz CT molecular complexity index is 1360. The number of ether oxygens (including phenoxy) is 2. The fourth-order valence-corrected chi connectivity index (χ4v) is 5.98. The van der Waals surface area contributed by atoms with Crippen molar-refractivity contribution in [2.24, 2.45) is 5.92 Å². The highest BCUT2D eigenvalue weighted by Crippen LogP contribution is 2.51.